The van der Waals surface area contributed by atoms with Crippen LogP contribution in [0.5, 0.6) is 0 Å². The zero-order valence-electron chi connectivity index (χ0n) is 12.0. The van der Waals surface area contributed by atoms with Crippen LogP contribution < -0.4 is 0 Å². The third kappa shape index (κ3) is 1.96. The fraction of sp³-hybridized carbons (Fsp3) is 0.158. The van der Waals surface area contributed by atoms with Crippen LogP contribution in [0.2, 0.25) is 0 Å². The smallest absolute Gasteiger partial charge is 0.0540 e. The van der Waals surface area contributed by atoms with E-state index in [1.807, 2.05) is 0 Å². The minimum Gasteiger partial charge on any atom is -0.310 e. The molecule has 2 aromatic carbocycles. The zero-order chi connectivity index (χ0) is 13.9. The van der Waals surface area contributed by atoms with Gasteiger partial charge < -0.3 is 4.57 Å². The molecule has 3 rings (SSSR count). The minimum absolute atomic E-state index is 1.05. The predicted octanol–water partition coefficient (Wildman–Crippen LogP) is 5.62. The summed E-state index contributed by atoms with van der Waals surface area (Å²) in [5.74, 6) is 0. The Morgan fingerprint density at radius 1 is 0.950 bits per heavy atom. The van der Waals surface area contributed by atoms with Gasteiger partial charge in [0, 0.05) is 16.5 Å². The van der Waals surface area contributed by atoms with Crippen molar-refractivity contribution in [2.45, 2.75) is 20.3 Å². The topological polar surface area (TPSA) is 4.93 Å². The van der Waals surface area contributed by atoms with E-state index in [0.29, 0.717) is 0 Å². The van der Waals surface area contributed by atoms with E-state index in [4.69, 9.17) is 0 Å². The van der Waals surface area contributed by atoms with Crippen LogP contribution in [0.15, 0.2) is 66.8 Å². The Kier molecular flexibility index (Phi) is 3.42. The highest BCUT2D eigenvalue weighted by molar-refractivity contribution is 6.10. The molecule has 1 heteroatoms. The van der Waals surface area contributed by atoms with Crippen molar-refractivity contribution >= 4 is 27.5 Å². The van der Waals surface area contributed by atoms with Crippen LogP contribution in [-0.2, 0) is 0 Å². The highest BCUT2D eigenvalue weighted by Gasteiger charge is 2.10. The molecule has 0 N–H and O–H groups in total. The summed E-state index contributed by atoms with van der Waals surface area (Å²) in [5, 5.41) is 2.62. The summed E-state index contributed by atoms with van der Waals surface area (Å²) in [7, 11) is 0. The van der Waals surface area contributed by atoms with Crippen molar-refractivity contribution in [2.75, 3.05) is 0 Å². The molecule has 0 fully saturated rings. The Balaban J connectivity index is 2.40. The molecule has 0 aliphatic carbocycles. The van der Waals surface area contributed by atoms with E-state index >= 15 is 0 Å². The second-order valence-electron chi connectivity index (χ2n) is 4.89. The molecule has 3 aromatic rings. The number of hydrogen-bond donors (Lipinski definition) is 0. The standard InChI is InChI=1S/C19H19N/c1-3-5-10-15(4-2)20-18-13-8-6-11-16(18)17-12-7-9-14-19(17)20/h4-14H,3H2,1-2H3. The van der Waals surface area contributed by atoms with Gasteiger partial charge in [0.05, 0.1) is 11.0 Å². The van der Waals surface area contributed by atoms with Gasteiger partial charge >= 0.3 is 0 Å². The van der Waals surface area contributed by atoms with Gasteiger partial charge in [-0.15, -0.1) is 0 Å². The molecular formula is C19H19N. The minimum atomic E-state index is 1.05. The molecule has 0 bridgehead atoms. The molecule has 0 radical (unpaired) electrons. The molecule has 0 aliphatic heterocycles. The van der Waals surface area contributed by atoms with Crippen LogP contribution in [0.25, 0.3) is 27.5 Å². The number of allylic oxidation sites excluding steroid dienone is 4. The van der Waals surface area contributed by atoms with Crippen LogP contribution in [0.4, 0.5) is 0 Å². The molecule has 0 amide bonds. The molecule has 1 heterocycles. The molecule has 0 saturated carbocycles. The van der Waals surface area contributed by atoms with Crippen molar-refractivity contribution < 1.29 is 0 Å². The average Bonchev–Trinajstić information content (AvgIpc) is 2.84. The summed E-state index contributed by atoms with van der Waals surface area (Å²) in [6.07, 6.45) is 7.64. The highest BCUT2D eigenvalue weighted by atomic mass is 15.0. The second-order valence-corrected chi connectivity index (χ2v) is 4.89. The lowest BCUT2D eigenvalue weighted by Crippen LogP contribution is -1.93. The molecule has 0 aliphatic rings. The summed E-state index contributed by atoms with van der Waals surface area (Å²) in [6, 6.07) is 17.2. The Hall–Kier alpha value is -2.28. The van der Waals surface area contributed by atoms with Gasteiger partial charge in [-0.1, -0.05) is 55.5 Å². The molecule has 1 aromatic heterocycles. The number of rotatable bonds is 3. The molecule has 100 valence electrons. The fourth-order valence-electron chi connectivity index (χ4n) is 2.74. The average molecular weight is 261 g/mol. The number of fused-ring (bicyclic) bond motifs is 3. The van der Waals surface area contributed by atoms with Gasteiger partial charge in [-0.25, -0.2) is 0 Å². The molecule has 1 nitrogen and oxygen atoms in total. The number of aromatic nitrogens is 1. The van der Waals surface area contributed by atoms with Crippen molar-refractivity contribution in [3.8, 4) is 0 Å². The van der Waals surface area contributed by atoms with Crippen LogP contribution in [-0.4, -0.2) is 4.57 Å². The van der Waals surface area contributed by atoms with Gasteiger partial charge in [-0.3, -0.25) is 0 Å². The van der Waals surface area contributed by atoms with Gasteiger partial charge in [0.2, 0.25) is 0 Å². The number of para-hydroxylation sites is 2. The SMILES string of the molecule is CC=C(C=CCC)n1c2ccccc2c2ccccc21. The third-order valence-corrected chi connectivity index (χ3v) is 3.66. The van der Waals surface area contributed by atoms with Gasteiger partial charge in [0.1, 0.15) is 0 Å². The van der Waals surface area contributed by atoms with Crippen LogP contribution in [0, 0.1) is 0 Å². The van der Waals surface area contributed by atoms with E-state index in [2.05, 4.69) is 85.2 Å². The van der Waals surface area contributed by atoms with Gasteiger partial charge in [0.25, 0.3) is 0 Å². The van der Waals surface area contributed by atoms with Crippen molar-refractivity contribution in [2.24, 2.45) is 0 Å². The molecule has 0 atom stereocenters. The van der Waals surface area contributed by atoms with Crippen LogP contribution in [0.1, 0.15) is 20.3 Å². The van der Waals surface area contributed by atoms with Crippen LogP contribution in [0.3, 0.4) is 0 Å². The first-order chi connectivity index (χ1) is 9.86. The van der Waals surface area contributed by atoms with E-state index < -0.39 is 0 Å². The maximum atomic E-state index is 2.34. The van der Waals surface area contributed by atoms with E-state index in [-0.39, 0.29) is 0 Å². The normalized spacial score (nSPS) is 12.8. The lowest BCUT2D eigenvalue weighted by atomic mass is 10.2. The summed E-state index contributed by atoms with van der Waals surface area (Å²) in [6.45, 7) is 4.26. The summed E-state index contributed by atoms with van der Waals surface area (Å²) in [4.78, 5) is 0. The second kappa shape index (κ2) is 5.38. The lowest BCUT2D eigenvalue weighted by molar-refractivity contribution is 1.19. The molecule has 0 saturated heterocycles. The Labute approximate surface area is 119 Å². The lowest BCUT2D eigenvalue weighted by Gasteiger charge is -2.08. The zero-order valence-corrected chi connectivity index (χ0v) is 12.0. The fourth-order valence-corrected chi connectivity index (χ4v) is 2.74. The van der Waals surface area contributed by atoms with Crippen LogP contribution >= 0.6 is 0 Å². The van der Waals surface area contributed by atoms with Crippen molar-refractivity contribution in [1.82, 2.24) is 4.57 Å². The predicted molar refractivity (Wildman–Crippen MR) is 88.8 cm³/mol. The van der Waals surface area contributed by atoms with Crippen molar-refractivity contribution in [1.29, 1.82) is 0 Å². The maximum absolute atomic E-state index is 2.34. The van der Waals surface area contributed by atoms with E-state index in [1.54, 1.807) is 0 Å². The third-order valence-electron chi connectivity index (χ3n) is 3.66. The van der Waals surface area contributed by atoms with E-state index in [9.17, 15) is 0 Å². The number of hydrogen-bond acceptors (Lipinski definition) is 0. The monoisotopic (exact) mass is 261 g/mol. The molecule has 0 unspecified atom stereocenters. The molecular weight excluding hydrogens is 242 g/mol. The first-order valence-corrected chi connectivity index (χ1v) is 7.18. The first kappa shape index (κ1) is 12.7. The Bertz CT molecular complexity index is 750. The summed E-state index contributed by atoms with van der Waals surface area (Å²) < 4.78 is 2.34. The first-order valence-electron chi connectivity index (χ1n) is 7.18. The molecule has 0 spiro atoms. The largest absolute Gasteiger partial charge is 0.310 e. The van der Waals surface area contributed by atoms with Gasteiger partial charge in [-0.2, -0.15) is 0 Å². The maximum Gasteiger partial charge on any atom is 0.0540 e. The van der Waals surface area contributed by atoms with Gasteiger partial charge in [-0.05, 0) is 31.6 Å². The number of benzene rings is 2. The Morgan fingerprint density at radius 2 is 1.50 bits per heavy atom. The van der Waals surface area contributed by atoms with Gasteiger partial charge in [0.15, 0.2) is 0 Å². The summed E-state index contributed by atoms with van der Waals surface area (Å²) >= 11 is 0. The van der Waals surface area contributed by atoms with Crippen molar-refractivity contribution in [3.63, 3.8) is 0 Å². The number of nitrogens with zero attached hydrogens (tertiary/aromatic N) is 1. The van der Waals surface area contributed by atoms with E-state index in [1.165, 1.54) is 27.5 Å². The Morgan fingerprint density at radius 3 is 2.00 bits per heavy atom. The quantitative estimate of drug-likeness (QED) is 0.539. The van der Waals surface area contributed by atoms with Crippen molar-refractivity contribution in [3.05, 3.63) is 66.8 Å². The van der Waals surface area contributed by atoms with E-state index in [0.717, 1.165) is 6.42 Å². The highest BCUT2D eigenvalue weighted by Crippen LogP contribution is 2.31. The summed E-state index contributed by atoms with van der Waals surface area (Å²) in [5.41, 5.74) is 3.76. The molecule has 20 heavy (non-hydrogen) atoms.